The van der Waals surface area contributed by atoms with Crippen molar-refractivity contribution in [1.82, 2.24) is 4.31 Å². The average molecular weight is 380 g/mol. The number of benzene rings is 2. The molecule has 0 aromatic heterocycles. The maximum atomic E-state index is 13.6. The molecular weight excluding hydrogens is 362 g/mol. The fraction of sp³-hybridized carbons (Fsp3) is 0.278. The summed E-state index contributed by atoms with van der Waals surface area (Å²) in [5.74, 6) is -2.39. The van der Waals surface area contributed by atoms with E-state index in [0.29, 0.717) is 18.9 Å². The van der Waals surface area contributed by atoms with Gasteiger partial charge in [-0.1, -0.05) is 18.2 Å². The standard InChI is InChI=1S/C18H18F2N2O3S/c19-14-6-7-17(16(20)12-14)21-18(23)13-8-10-22(11-9-13)26(24,25)15-4-2-1-3-5-15/h1-7,12-13H,8-11H2,(H,21,23). The number of hydrogen-bond donors (Lipinski definition) is 1. The molecule has 0 atom stereocenters. The number of rotatable bonds is 4. The Labute approximate surface area is 150 Å². The molecule has 1 N–H and O–H groups in total. The van der Waals surface area contributed by atoms with Gasteiger partial charge >= 0.3 is 0 Å². The molecule has 8 heteroatoms. The Kier molecular flexibility index (Phi) is 5.33. The van der Waals surface area contributed by atoms with E-state index in [9.17, 15) is 22.0 Å². The van der Waals surface area contributed by atoms with Crippen LogP contribution >= 0.6 is 0 Å². The van der Waals surface area contributed by atoms with Crippen molar-refractivity contribution in [3.05, 3.63) is 60.2 Å². The fourth-order valence-electron chi connectivity index (χ4n) is 2.93. The molecule has 2 aromatic carbocycles. The van der Waals surface area contributed by atoms with Gasteiger partial charge in [0.15, 0.2) is 0 Å². The van der Waals surface area contributed by atoms with Crippen LogP contribution in [-0.2, 0) is 14.8 Å². The molecule has 0 radical (unpaired) electrons. The first-order valence-corrected chi connectivity index (χ1v) is 9.63. The number of nitrogens with one attached hydrogen (secondary N) is 1. The minimum absolute atomic E-state index is 0.0873. The zero-order valence-electron chi connectivity index (χ0n) is 13.9. The van der Waals surface area contributed by atoms with Crippen molar-refractivity contribution in [3.63, 3.8) is 0 Å². The molecule has 0 aliphatic carbocycles. The zero-order valence-corrected chi connectivity index (χ0v) is 14.7. The summed E-state index contributed by atoms with van der Waals surface area (Å²) < 4.78 is 53.1. The van der Waals surface area contributed by atoms with Crippen molar-refractivity contribution < 1.29 is 22.0 Å². The Morgan fingerprint density at radius 1 is 1.04 bits per heavy atom. The van der Waals surface area contributed by atoms with Gasteiger partial charge in [-0.25, -0.2) is 17.2 Å². The average Bonchev–Trinajstić information content (AvgIpc) is 2.65. The molecule has 2 aromatic rings. The van der Waals surface area contributed by atoms with Crippen LogP contribution in [0.3, 0.4) is 0 Å². The second-order valence-corrected chi connectivity index (χ2v) is 8.04. The van der Waals surface area contributed by atoms with Crippen LogP contribution in [0.15, 0.2) is 53.4 Å². The maximum Gasteiger partial charge on any atom is 0.243 e. The summed E-state index contributed by atoms with van der Waals surface area (Å²) in [6.07, 6.45) is 0.668. The molecule has 26 heavy (non-hydrogen) atoms. The Balaban J connectivity index is 1.62. The Bertz CT molecular complexity index is 896. The van der Waals surface area contributed by atoms with Crippen LogP contribution in [0.2, 0.25) is 0 Å². The number of piperidine rings is 1. The molecule has 1 fully saturated rings. The number of carbonyl (C=O) groups excluding carboxylic acids is 1. The van der Waals surface area contributed by atoms with Crippen molar-refractivity contribution in [1.29, 1.82) is 0 Å². The molecule has 138 valence electrons. The van der Waals surface area contributed by atoms with Crippen molar-refractivity contribution >= 4 is 21.6 Å². The summed E-state index contributed by atoms with van der Waals surface area (Å²) in [6, 6.07) is 11.0. The first kappa shape index (κ1) is 18.5. The number of amides is 1. The van der Waals surface area contributed by atoms with E-state index in [4.69, 9.17) is 0 Å². The highest BCUT2D eigenvalue weighted by molar-refractivity contribution is 7.89. The molecular formula is C18H18F2N2O3S. The van der Waals surface area contributed by atoms with Gasteiger partial charge in [0.05, 0.1) is 10.6 Å². The summed E-state index contributed by atoms with van der Waals surface area (Å²) >= 11 is 0. The van der Waals surface area contributed by atoms with Gasteiger partial charge in [0.1, 0.15) is 11.6 Å². The summed E-state index contributed by atoms with van der Waals surface area (Å²) in [7, 11) is -3.58. The van der Waals surface area contributed by atoms with E-state index < -0.39 is 33.5 Å². The molecule has 0 saturated carbocycles. The van der Waals surface area contributed by atoms with Crippen LogP contribution in [0.1, 0.15) is 12.8 Å². The van der Waals surface area contributed by atoms with Crippen molar-refractivity contribution in [2.45, 2.75) is 17.7 Å². The number of hydrogen-bond acceptors (Lipinski definition) is 3. The predicted molar refractivity (Wildman–Crippen MR) is 92.9 cm³/mol. The summed E-state index contributed by atoms with van der Waals surface area (Å²) in [6.45, 7) is 0.419. The van der Waals surface area contributed by atoms with Gasteiger partial charge in [-0.2, -0.15) is 4.31 Å². The third-order valence-electron chi connectivity index (χ3n) is 4.39. The van der Waals surface area contributed by atoms with Crippen LogP contribution in [0.4, 0.5) is 14.5 Å². The lowest BCUT2D eigenvalue weighted by Gasteiger charge is -2.30. The van der Waals surface area contributed by atoms with Gasteiger partial charge < -0.3 is 5.32 Å². The van der Waals surface area contributed by atoms with Crippen molar-refractivity contribution in [2.75, 3.05) is 18.4 Å². The summed E-state index contributed by atoms with van der Waals surface area (Å²) in [4.78, 5) is 12.5. The Morgan fingerprint density at radius 3 is 2.31 bits per heavy atom. The van der Waals surface area contributed by atoms with Crippen molar-refractivity contribution in [3.8, 4) is 0 Å². The van der Waals surface area contributed by atoms with E-state index in [-0.39, 0.29) is 23.7 Å². The van der Waals surface area contributed by atoms with E-state index in [0.717, 1.165) is 12.1 Å². The Hall–Kier alpha value is -2.32. The second kappa shape index (κ2) is 7.51. The number of nitrogens with zero attached hydrogens (tertiary/aromatic N) is 1. The minimum Gasteiger partial charge on any atom is -0.323 e. The molecule has 3 rings (SSSR count). The Morgan fingerprint density at radius 2 is 1.69 bits per heavy atom. The molecule has 5 nitrogen and oxygen atoms in total. The third kappa shape index (κ3) is 3.91. The van der Waals surface area contributed by atoms with Gasteiger partial charge in [-0.3, -0.25) is 4.79 Å². The zero-order chi connectivity index (χ0) is 18.7. The molecule has 1 aliphatic heterocycles. The van der Waals surface area contributed by atoms with Gasteiger partial charge in [-0.05, 0) is 37.1 Å². The SMILES string of the molecule is O=C(Nc1ccc(F)cc1F)C1CCN(S(=O)(=O)c2ccccc2)CC1. The second-order valence-electron chi connectivity index (χ2n) is 6.10. The number of sulfonamides is 1. The molecule has 0 spiro atoms. The maximum absolute atomic E-state index is 13.6. The lowest BCUT2D eigenvalue weighted by molar-refractivity contribution is -0.120. The monoisotopic (exact) mass is 380 g/mol. The first-order chi connectivity index (χ1) is 12.4. The van der Waals surface area contributed by atoms with Crippen molar-refractivity contribution in [2.24, 2.45) is 5.92 Å². The number of carbonyl (C=O) groups is 1. The minimum atomic E-state index is -3.58. The van der Waals surface area contributed by atoms with Crippen LogP contribution < -0.4 is 5.32 Å². The molecule has 1 saturated heterocycles. The molecule has 1 aliphatic rings. The van der Waals surface area contributed by atoms with Gasteiger partial charge in [-0.15, -0.1) is 0 Å². The fourth-order valence-corrected chi connectivity index (χ4v) is 4.42. The molecule has 1 amide bonds. The predicted octanol–water partition coefficient (Wildman–Crippen LogP) is 3.00. The molecule has 1 heterocycles. The van der Waals surface area contributed by atoms with E-state index in [1.54, 1.807) is 18.2 Å². The smallest absolute Gasteiger partial charge is 0.243 e. The highest BCUT2D eigenvalue weighted by atomic mass is 32.2. The summed E-state index contributed by atoms with van der Waals surface area (Å²) in [5, 5.41) is 2.44. The largest absolute Gasteiger partial charge is 0.323 e. The highest BCUT2D eigenvalue weighted by Gasteiger charge is 2.32. The topological polar surface area (TPSA) is 66.5 Å². The normalized spacial score (nSPS) is 16.4. The van der Waals surface area contributed by atoms with E-state index >= 15 is 0 Å². The molecule has 0 unspecified atom stereocenters. The van der Waals surface area contributed by atoms with Gasteiger partial charge in [0, 0.05) is 25.1 Å². The highest BCUT2D eigenvalue weighted by Crippen LogP contribution is 2.25. The number of halogens is 2. The van der Waals surface area contributed by atoms with Gasteiger partial charge in [0.2, 0.25) is 15.9 Å². The van der Waals surface area contributed by atoms with Crippen LogP contribution in [0.5, 0.6) is 0 Å². The molecule has 0 bridgehead atoms. The lowest BCUT2D eigenvalue weighted by atomic mass is 9.97. The third-order valence-corrected chi connectivity index (χ3v) is 6.31. The van der Waals surface area contributed by atoms with E-state index in [2.05, 4.69) is 5.32 Å². The van der Waals surface area contributed by atoms with Crippen LogP contribution in [0.25, 0.3) is 0 Å². The van der Waals surface area contributed by atoms with Crippen LogP contribution in [0, 0.1) is 17.6 Å². The van der Waals surface area contributed by atoms with E-state index in [1.807, 2.05) is 0 Å². The van der Waals surface area contributed by atoms with Gasteiger partial charge in [0.25, 0.3) is 0 Å². The first-order valence-electron chi connectivity index (χ1n) is 8.19. The lowest BCUT2D eigenvalue weighted by Crippen LogP contribution is -2.41. The van der Waals surface area contributed by atoms with Crippen LogP contribution in [-0.4, -0.2) is 31.7 Å². The summed E-state index contributed by atoms with van der Waals surface area (Å²) in [5.41, 5.74) is -0.0873. The quantitative estimate of drug-likeness (QED) is 0.887. The number of anilines is 1. The van der Waals surface area contributed by atoms with E-state index in [1.165, 1.54) is 16.4 Å².